The van der Waals surface area contributed by atoms with E-state index in [0.717, 1.165) is 5.75 Å². The highest BCUT2D eigenvalue weighted by molar-refractivity contribution is 5.85. The summed E-state index contributed by atoms with van der Waals surface area (Å²) >= 11 is 0. The molecule has 1 N–H and O–H groups in total. The highest BCUT2D eigenvalue weighted by atomic mass is 35.5. The van der Waals surface area contributed by atoms with E-state index < -0.39 is 6.10 Å². The SMILES string of the molecule is Cc1cccc(OCC(O)CN2C(C)(C)CCC2(C)C)c1.Cl. The fourth-order valence-corrected chi connectivity index (χ4v) is 3.36. The number of ether oxygens (including phenoxy) is 1. The van der Waals surface area contributed by atoms with Gasteiger partial charge in [0, 0.05) is 17.6 Å². The molecule has 0 radical (unpaired) electrons. The lowest BCUT2D eigenvalue weighted by Crippen LogP contribution is -2.52. The molecule has 0 saturated carbocycles. The minimum Gasteiger partial charge on any atom is -0.491 e. The number of aliphatic hydroxyl groups is 1. The third kappa shape index (κ3) is 4.61. The van der Waals surface area contributed by atoms with Crippen LogP contribution in [0, 0.1) is 6.92 Å². The second kappa shape index (κ2) is 7.20. The number of likely N-dealkylation sites (tertiary alicyclic amines) is 1. The zero-order valence-corrected chi connectivity index (χ0v) is 15.2. The van der Waals surface area contributed by atoms with E-state index in [2.05, 4.69) is 32.6 Å². The number of benzene rings is 1. The summed E-state index contributed by atoms with van der Waals surface area (Å²) in [6.45, 7) is 12.1. The predicted molar refractivity (Wildman–Crippen MR) is 94.0 cm³/mol. The summed E-state index contributed by atoms with van der Waals surface area (Å²) in [4.78, 5) is 2.42. The van der Waals surface area contributed by atoms with E-state index >= 15 is 0 Å². The Morgan fingerprint density at radius 3 is 2.32 bits per heavy atom. The molecule has 1 fully saturated rings. The molecule has 0 spiro atoms. The quantitative estimate of drug-likeness (QED) is 0.892. The highest BCUT2D eigenvalue weighted by Crippen LogP contribution is 2.40. The van der Waals surface area contributed by atoms with Gasteiger partial charge in [0.15, 0.2) is 0 Å². The molecule has 0 bridgehead atoms. The zero-order valence-electron chi connectivity index (χ0n) is 14.4. The lowest BCUT2D eigenvalue weighted by molar-refractivity contribution is 0.00531. The largest absolute Gasteiger partial charge is 0.491 e. The summed E-state index contributed by atoms with van der Waals surface area (Å²) in [7, 11) is 0. The number of aliphatic hydroxyl groups excluding tert-OH is 1. The van der Waals surface area contributed by atoms with Gasteiger partial charge in [0.1, 0.15) is 18.5 Å². The molecule has 1 aliphatic rings. The molecule has 0 aliphatic carbocycles. The van der Waals surface area contributed by atoms with Gasteiger partial charge in [-0.25, -0.2) is 0 Å². The molecule has 0 amide bonds. The predicted octanol–water partition coefficient (Wildman–Crippen LogP) is 3.81. The van der Waals surface area contributed by atoms with Gasteiger partial charge in [-0.05, 0) is 65.2 Å². The van der Waals surface area contributed by atoms with Crippen LogP contribution in [0.2, 0.25) is 0 Å². The molecule has 1 heterocycles. The maximum Gasteiger partial charge on any atom is 0.119 e. The van der Waals surface area contributed by atoms with Crippen LogP contribution in [0.15, 0.2) is 24.3 Å². The van der Waals surface area contributed by atoms with E-state index in [1.165, 1.54) is 18.4 Å². The molecule has 1 aliphatic heterocycles. The van der Waals surface area contributed by atoms with Crippen molar-refractivity contribution in [1.29, 1.82) is 0 Å². The van der Waals surface area contributed by atoms with Gasteiger partial charge in [0.05, 0.1) is 0 Å². The molecule has 2 rings (SSSR count). The Bertz CT molecular complexity index is 472. The van der Waals surface area contributed by atoms with Crippen LogP contribution in [-0.4, -0.2) is 40.3 Å². The Hall–Kier alpha value is -0.770. The summed E-state index contributed by atoms with van der Waals surface area (Å²) < 4.78 is 5.72. The second-order valence-electron chi connectivity index (χ2n) is 7.52. The van der Waals surface area contributed by atoms with Gasteiger partial charge in [0.2, 0.25) is 0 Å². The second-order valence-corrected chi connectivity index (χ2v) is 7.52. The number of hydrogen-bond acceptors (Lipinski definition) is 3. The summed E-state index contributed by atoms with van der Waals surface area (Å²) in [5.74, 6) is 0.828. The van der Waals surface area contributed by atoms with Crippen LogP contribution in [0.25, 0.3) is 0 Å². The van der Waals surface area contributed by atoms with E-state index in [0.29, 0.717) is 13.2 Å². The lowest BCUT2D eigenvalue weighted by atomic mass is 10.0. The number of β-amino-alcohol motifs (C(OH)–C–C–N with tert-alkyl or cyclic N) is 1. The Morgan fingerprint density at radius 2 is 1.77 bits per heavy atom. The lowest BCUT2D eigenvalue weighted by Gasteiger charge is -2.41. The minimum atomic E-state index is -0.470. The summed E-state index contributed by atoms with van der Waals surface area (Å²) in [5, 5.41) is 10.3. The van der Waals surface area contributed by atoms with Crippen molar-refractivity contribution >= 4 is 12.4 Å². The number of aryl methyl sites for hydroxylation is 1. The van der Waals surface area contributed by atoms with Gasteiger partial charge >= 0.3 is 0 Å². The van der Waals surface area contributed by atoms with Gasteiger partial charge in [0.25, 0.3) is 0 Å². The first-order chi connectivity index (χ1) is 9.71. The van der Waals surface area contributed by atoms with Gasteiger partial charge in [-0.2, -0.15) is 0 Å². The summed E-state index contributed by atoms with van der Waals surface area (Å²) in [6, 6.07) is 7.95. The monoisotopic (exact) mass is 327 g/mol. The van der Waals surface area contributed by atoms with Crippen LogP contribution in [0.4, 0.5) is 0 Å². The van der Waals surface area contributed by atoms with Crippen LogP contribution in [-0.2, 0) is 0 Å². The molecule has 0 aromatic heterocycles. The van der Waals surface area contributed by atoms with Crippen molar-refractivity contribution < 1.29 is 9.84 Å². The fraction of sp³-hybridized carbons (Fsp3) is 0.667. The van der Waals surface area contributed by atoms with Crippen LogP contribution >= 0.6 is 12.4 Å². The van der Waals surface area contributed by atoms with Crippen LogP contribution < -0.4 is 4.74 Å². The van der Waals surface area contributed by atoms with Gasteiger partial charge in [-0.3, -0.25) is 4.90 Å². The van der Waals surface area contributed by atoms with Crippen LogP contribution in [0.1, 0.15) is 46.1 Å². The van der Waals surface area contributed by atoms with E-state index in [-0.39, 0.29) is 23.5 Å². The van der Waals surface area contributed by atoms with Gasteiger partial charge < -0.3 is 9.84 Å². The summed E-state index contributed by atoms with van der Waals surface area (Å²) in [6.07, 6.45) is 1.87. The smallest absolute Gasteiger partial charge is 0.119 e. The van der Waals surface area contributed by atoms with Crippen molar-refractivity contribution in [2.75, 3.05) is 13.2 Å². The van der Waals surface area contributed by atoms with Crippen molar-refractivity contribution in [3.8, 4) is 5.75 Å². The zero-order chi connectivity index (χ0) is 15.7. The topological polar surface area (TPSA) is 32.7 Å². The van der Waals surface area contributed by atoms with Crippen molar-refractivity contribution in [2.24, 2.45) is 0 Å². The van der Waals surface area contributed by atoms with Crippen LogP contribution in [0.3, 0.4) is 0 Å². The van der Waals surface area contributed by atoms with E-state index in [1.807, 2.05) is 31.2 Å². The molecule has 1 aromatic rings. The van der Waals surface area contributed by atoms with E-state index in [4.69, 9.17) is 4.74 Å². The average molecular weight is 328 g/mol. The van der Waals surface area contributed by atoms with Crippen molar-refractivity contribution in [2.45, 2.75) is 64.6 Å². The Morgan fingerprint density at radius 1 is 1.18 bits per heavy atom. The molecular weight excluding hydrogens is 298 g/mol. The first kappa shape index (κ1) is 19.3. The van der Waals surface area contributed by atoms with Gasteiger partial charge in [-0.15, -0.1) is 12.4 Å². The third-order valence-electron chi connectivity index (χ3n) is 4.64. The summed E-state index contributed by atoms with van der Waals surface area (Å²) in [5.41, 5.74) is 1.46. The number of hydrogen-bond donors (Lipinski definition) is 1. The van der Waals surface area contributed by atoms with Gasteiger partial charge in [-0.1, -0.05) is 12.1 Å². The molecule has 1 saturated heterocycles. The molecule has 3 nitrogen and oxygen atoms in total. The molecule has 1 atom stereocenters. The molecule has 1 unspecified atom stereocenters. The third-order valence-corrected chi connectivity index (χ3v) is 4.64. The maximum atomic E-state index is 10.3. The maximum absolute atomic E-state index is 10.3. The Labute approximate surface area is 141 Å². The van der Waals surface area contributed by atoms with Crippen molar-refractivity contribution in [3.63, 3.8) is 0 Å². The van der Waals surface area contributed by atoms with Crippen LogP contribution in [0.5, 0.6) is 5.75 Å². The molecule has 126 valence electrons. The van der Waals surface area contributed by atoms with E-state index in [9.17, 15) is 5.11 Å². The van der Waals surface area contributed by atoms with E-state index in [1.54, 1.807) is 0 Å². The first-order valence-corrected chi connectivity index (χ1v) is 7.86. The normalized spacial score (nSPS) is 21.2. The fourth-order valence-electron chi connectivity index (χ4n) is 3.36. The average Bonchev–Trinajstić information content (AvgIpc) is 2.60. The molecule has 1 aromatic carbocycles. The van der Waals surface area contributed by atoms with Crippen molar-refractivity contribution in [1.82, 2.24) is 4.90 Å². The van der Waals surface area contributed by atoms with Crippen molar-refractivity contribution in [3.05, 3.63) is 29.8 Å². The Kier molecular flexibility index (Phi) is 6.31. The number of halogens is 1. The molecular formula is C18H30ClNO2. The molecule has 22 heavy (non-hydrogen) atoms. The Balaban J connectivity index is 0.00000242. The highest BCUT2D eigenvalue weighted by Gasteiger charge is 2.44. The first-order valence-electron chi connectivity index (χ1n) is 7.86. The minimum absolute atomic E-state index is 0. The number of nitrogens with zero attached hydrogens (tertiary/aromatic N) is 1. The molecule has 4 heteroatoms. The standard InChI is InChI=1S/C18H29NO2.ClH/c1-14-7-6-8-16(11-14)21-13-15(20)12-19-17(2,3)9-10-18(19,4)5;/h6-8,11,15,20H,9-10,12-13H2,1-5H3;1H. The number of rotatable bonds is 5.